The van der Waals surface area contributed by atoms with Gasteiger partial charge in [0.15, 0.2) is 0 Å². The van der Waals surface area contributed by atoms with Crippen LogP contribution in [-0.4, -0.2) is 12.7 Å². The van der Waals surface area contributed by atoms with E-state index in [4.69, 9.17) is 10.5 Å². The molecule has 0 heterocycles. The summed E-state index contributed by atoms with van der Waals surface area (Å²) in [7, 11) is 0. The molecule has 1 atom stereocenters. The zero-order valence-electron chi connectivity index (χ0n) is 8.98. The molecule has 0 aliphatic carbocycles. The predicted molar refractivity (Wildman–Crippen MR) is 59.1 cm³/mol. The SMILES string of the molecule is CC(CCc1ccccc1)C(=O)OCN. The second-order valence-electron chi connectivity index (χ2n) is 3.56. The van der Waals surface area contributed by atoms with Gasteiger partial charge in [-0.1, -0.05) is 37.3 Å². The molecule has 3 nitrogen and oxygen atoms in total. The molecule has 0 aliphatic heterocycles. The van der Waals surface area contributed by atoms with Crippen molar-refractivity contribution in [2.45, 2.75) is 19.8 Å². The summed E-state index contributed by atoms with van der Waals surface area (Å²) >= 11 is 0. The van der Waals surface area contributed by atoms with Gasteiger partial charge >= 0.3 is 5.97 Å². The molecule has 0 aromatic heterocycles. The summed E-state index contributed by atoms with van der Waals surface area (Å²) < 4.78 is 4.73. The summed E-state index contributed by atoms with van der Waals surface area (Å²) in [6, 6.07) is 10.1. The second kappa shape index (κ2) is 6.19. The minimum Gasteiger partial charge on any atom is -0.450 e. The fraction of sp³-hybridized carbons (Fsp3) is 0.417. The first-order chi connectivity index (χ1) is 7.24. The smallest absolute Gasteiger partial charge is 0.309 e. The molecular weight excluding hydrogens is 190 g/mol. The normalized spacial score (nSPS) is 12.1. The average molecular weight is 207 g/mol. The lowest BCUT2D eigenvalue weighted by molar-refractivity contribution is -0.147. The fourth-order valence-electron chi connectivity index (χ4n) is 1.37. The Morgan fingerprint density at radius 1 is 1.40 bits per heavy atom. The van der Waals surface area contributed by atoms with Crippen LogP contribution in [0, 0.1) is 5.92 Å². The van der Waals surface area contributed by atoms with E-state index in [0.29, 0.717) is 0 Å². The van der Waals surface area contributed by atoms with Crippen LogP contribution in [-0.2, 0) is 16.0 Å². The highest BCUT2D eigenvalue weighted by Crippen LogP contribution is 2.10. The Kier molecular flexibility index (Phi) is 4.84. The molecule has 1 aromatic rings. The van der Waals surface area contributed by atoms with Crippen molar-refractivity contribution in [3.8, 4) is 0 Å². The molecule has 0 saturated carbocycles. The first kappa shape index (κ1) is 11.7. The van der Waals surface area contributed by atoms with Gasteiger partial charge in [-0.05, 0) is 18.4 Å². The van der Waals surface area contributed by atoms with Crippen molar-refractivity contribution in [3.05, 3.63) is 35.9 Å². The average Bonchev–Trinajstić information content (AvgIpc) is 2.27. The monoisotopic (exact) mass is 207 g/mol. The molecule has 1 unspecified atom stereocenters. The molecular formula is C12H17NO2. The molecule has 3 heteroatoms. The molecule has 0 aliphatic rings. The molecule has 0 amide bonds. The highest BCUT2D eigenvalue weighted by Gasteiger charge is 2.13. The van der Waals surface area contributed by atoms with Crippen LogP contribution in [0.2, 0.25) is 0 Å². The molecule has 1 rings (SSSR count). The number of hydrogen-bond donors (Lipinski definition) is 1. The lowest BCUT2D eigenvalue weighted by atomic mass is 10.0. The maximum Gasteiger partial charge on any atom is 0.309 e. The maximum absolute atomic E-state index is 11.3. The fourth-order valence-corrected chi connectivity index (χ4v) is 1.37. The molecule has 2 N–H and O–H groups in total. The Balaban J connectivity index is 2.34. The van der Waals surface area contributed by atoms with Crippen molar-refractivity contribution < 1.29 is 9.53 Å². The van der Waals surface area contributed by atoms with E-state index < -0.39 is 0 Å². The summed E-state index contributed by atoms with van der Waals surface area (Å²) in [5, 5.41) is 0. The number of aryl methyl sites for hydroxylation is 1. The van der Waals surface area contributed by atoms with Crippen molar-refractivity contribution in [1.29, 1.82) is 0 Å². The van der Waals surface area contributed by atoms with E-state index in [1.54, 1.807) is 0 Å². The summed E-state index contributed by atoms with van der Waals surface area (Å²) in [4.78, 5) is 11.3. The molecule has 1 aromatic carbocycles. The number of nitrogens with two attached hydrogens (primary N) is 1. The largest absolute Gasteiger partial charge is 0.450 e. The number of carbonyl (C=O) groups excluding carboxylic acids is 1. The van der Waals surface area contributed by atoms with Crippen LogP contribution in [0.25, 0.3) is 0 Å². The molecule has 82 valence electrons. The number of ether oxygens (including phenoxy) is 1. The van der Waals surface area contributed by atoms with Gasteiger partial charge in [0.05, 0.1) is 5.92 Å². The van der Waals surface area contributed by atoms with Crippen molar-refractivity contribution in [2.24, 2.45) is 11.7 Å². The van der Waals surface area contributed by atoms with Crippen LogP contribution >= 0.6 is 0 Å². The van der Waals surface area contributed by atoms with Crippen molar-refractivity contribution in [3.63, 3.8) is 0 Å². The van der Waals surface area contributed by atoms with Gasteiger partial charge in [-0.2, -0.15) is 0 Å². The van der Waals surface area contributed by atoms with Crippen molar-refractivity contribution >= 4 is 5.97 Å². The van der Waals surface area contributed by atoms with E-state index in [-0.39, 0.29) is 18.6 Å². The van der Waals surface area contributed by atoms with Crippen LogP contribution in [0.4, 0.5) is 0 Å². The first-order valence-corrected chi connectivity index (χ1v) is 5.14. The van der Waals surface area contributed by atoms with Gasteiger partial charge in [-0.25, -0.2) is 0 Å². The Morgan fingerprint density at radius 2 is 2.07 bits per heavy atom. The van der Waals surface area contributed by atoms with Gasteiger partial charge < -0.3 is 4.74 Å². The maximum atomic E-state index is 11.3. The Labute approximate surface area is 90.2 Å². The second-order valence-corrected chi connectivity index (χ2v) is 3.56. The molecule has 0 radical (unpaired) electrons. The third kappa shape index (κ3) is 4.13. The summed E-state index contributed by atoms with van der Waals surface area (Å²) in [5.41, 5.74) is 6.37. The third-order valence-corrected chi connectivity index (χ3v) is 2.34. The number of benzene rings is 1. The Bertz CT molecular complexity index is 298. The van der Waals surface area contributed by atoms with Crippen LogP contribution in [0.15, 0.2) is 30.3 Å². The van der Waals surface area contributed by atoms with E-state index in [9.17, 15) is 4.79 Å². The van der Waals surface area contributed by atoms with E-state index in [2.05, 4.69) is 12.1 Å². The molecule has 15 heavy (non-hydrogen) atoms. The molecule has 0 spiro atoms. The van der Waals surface area contributed by atoms with Crippen molar-refractivity contribution in [1.82, 2.24) is 0 Å². The van der Waals surface area contributed by atoms with E-state index in [1.165, 1.54) is 5.56 Å². The van der Waals surface area contributed by atoms with Gasteiger partial charge in [-0.3, -0.25) is 10.5 Å². The highest BCUT2D eigenvalue weighted by molar-refractivity contribution is 5.71. The van der Waals surface area contributed by atoms with Crippen LogP contribution in [0.1, 0.15) is 18.9 Å². The third-order valence-electron chi connectivity index (χ3n) is 2.34. The van der Waals surface area contributed by atoms with Crippen LogP contribution < -0.4 is 5.73 Å². The van der Waals surface area contributed by atoms with Gasteiger partial charge in [0, 0.05) is 0 Å². The Morgan fingerprint density at radius 3 is 2.67 bits per heavy atom. The zero-order chi connectivity index (χ0) is 11.1. The van der Waals surface area contributed by atoms with Crippen LogP contribution in [0.3, 0.4) is 0 Å². The number of esters is 1. The number of carbonyl (C=O) groups is 1. The lowest BCUT2D eigenvalue weighted by Gasteiger charge is -2.09. The number of rotatable bonds is 5. The van der Waals surface area contributed by atoms with E-state index in [1.807, 2.05) is 25.1 Å². The topological polar surface area (TPSA) is 52.3 Å². The summed E-state index contributed by atoms with van der Waals surface area (Å²) in [5.74, 6) is -0.304. The van der Waals surface area contributed by atoms with Gasteiger partial charge in [0.1, 0.15) is 6.73 Å². The predicted octanol–water partition coefficient (Wildman–Crippen LogP) is 1.71. The van der Waals surface area contributed by atoms with Gasteiger partial charge in [-0.15, -0.1) is 0 Å². The Hall–Kier alpha value is -1.35. The first-order valence-electron chi connectivity index (χ1n) is 5.14. The minimum absolute atomic E-state index is 0.0332. The quantitative estimate of drug-likeness (QED) is 0.590. The molecule has 0 bridgehead atoms. The molecule has 0 saturated heterocycles. The lowest BCUT2D eigenvalue weighted by Crippen LogP contribution is -2.19. The van der Waals surface area contributed by atoms with Crippen LogP contribution in [0.5, 0.6) is 0 Å². The van der Waals surface area contributed by atoms with Crippen molar-refractivity contribution in [2.75, 3.05) is 6.73 Å². The standard InChI is InChI=1S/C12H17NO2/c1-10(12(14)15-9-13)7-8-11-5-3-2-4-6-11/h2-6,10H,7-9,13H2,1H3. The van der Waals surface area contributed by atoms with Gasteiger partial charge in [0.25, 0.3) is 0 Å². The molecule has 0 fully saturated rings. The highest BCUT2D eigenvalue weighted by atomic mass is 16.5. The zero-order valence-corrected chi connectivity index (χ0v) is 8.98. The van der Waals surface area contributed by atoms with E-state index in [0.717, 1.165) is 12.8 Å². The minimum atomic E-state index is -0.214. The van der Waals surface area contributed by atoms with Gasteiger partial charge in [0.2, 0.25) is 0 Å². The van der Waals surface area contributed by atoms with E-state index >= 15 is 0 Å². The summed E-state index contributed by atoms with van der Waals surface area (Å²) in [6.45, 7) is 1.83. The summed E-state index contributed by atoms with van der Waals surface area (Å²) in [6.07, 6.45) is 1.69. The number of hydrogen-bond acceptors (Lipinski definition) is 3.